The van der Waals surface area contributed by atoms with Crippen LogP contribution in [-0.4, -0.2) is 40.4 Å². The van der Waals surface area contributed by atoms with Crippen LogP contribution in [-0.2, 0) is 11.3 Å². The number of hydrogen-bond donors (Lipinski definition) is 2. The number of anilines is 2. The molecular weight excluding hydrogens is 395 g/mol. The van der Waals surface area contributed by atoms with Crippen molar-refractivity contribution in [3.63, 3.8) is 0 Å². The molecule has 0 radical (unpaired) electrons. The number of halogens is 1. The number of carbonyl (C=O) groups is 1. The molecule has 0 amide bonds. The summed E-state index contributed by atoms with van der Waals surface area (Å²) in [4.78, 5) is 24.3. The van der Waals surface area contributed by atoms with Gasteiger partial charge in [0.15, 0.2) is 0 Å². The van der Waals surface area contributed by atoms with Crippen molar-refractivity contribution in [3.8, 4) is 0 Å². The van der Waals surface area contributed by atoms with Gasteiger partial charge in [-0.15, -0.1) is 11.3 Å². The second-order valence-electron chi connectivity index (χ2n) is 7.00. The number of aryl methyl sites for hydroxylation is 1. The Kier molecular flexibility index (Phi) is 5.48. The van der Waals surface area contributed by atoms with Crippen LogP contribution >= 0.6 is 11.3 Å². The number of fused-ring (bicyclic) bond motifs is 1. The number of thiophene rings is 1. The van der Waals surface area contributed by atoms with Crippen LogP contribution in [0.15, 0.2) is 30.3 Å². The lowest BCUT2D eigenvalue weighted by atomic mass is 10.1. The summed E-state index contributed by atoms with van der Waals surface area (Å²) in [5.41, 5.74) is 0.957. The number of ether oxygens (including phenoxy) is 1. The van der Waals surface area contributed by atoms with E-state index < -0.39 is 6.16 Å². The second kappa shape index (κ2) is 8.20. The van der Waals surface area contributed by atoms with Gasteiger partial charge in [-0.1, -0.05) is 12.1 Å². The number of nitrogens with one attached hydrogen (secondary N) is 1. The number of hydrogen-bond acceptors (Lipinski definition) is 7. The topological polar surface area (TPSA) is 87.6 Å². The van der Waals surface area contributed by atoms with Gasteiger partial charge in [0.1, 0.15) is 22.6 Å². The maximum Gasteiger partial charge on any atom is 0.506 e. The maximum atomic E-state index is 13.1. The highest BCUT2D eigenvalue weighted by atomic mass is 32.1. The van der Waals surface area contributed by atoms with E-state index >= 15 is 0 Å². The van der Waals surface area contributed by atoms with Gasteiger partial charge in [-0.3, -0.25) is 0 Å². The summed E-state index contributed by atoms with van der Waals surface area (Å²) in [6.45, 7) is 3.82. The second-order valence-corrected chi connectivity index (χ2v) is 8.23. The number of benzene rings is 1. The van der Waals surface area contributed by atoms with E-state index in [-0.39, 0.29) is 11.9 Å². The molecule has 2 aromatic heterocycles. The van der Waals surface area contributed by atoms with E-state index in [1.54, 1.807) is 23.5 Å². The number of piperidine rings is 1. The van der Waals surface area contributed by atoms with Gasteiger partial charge in [0.05, 0.1) is 5.39 Å². The first-order valence-electron chi connectivity index (χ1n) is 9.39. The summed E-state index contributed by atoms with van der Waals surface area (Å²) >= 11 is 1.61. The van der Waals surface area contributed by atoms with Crippen molar-refractivity contribution >= 4 is 39.5 Å². The summed E-state index contributed by atoms with van der Waals surface area (Å²) in [7, 11) is 0. The molecule has 0 bridgehead atoms. The third-order valence-corrected chi connectivity index (χ3v) is 5.81. The molecule has 7 nitrogen and oxygen atoms in total. The number of aromatic nitrogens is 2. The molecule has 0 aliphatic carbocycles. The summed E-state index contributed by atoms with van der Waals surface area (Å²) in [6.07, 6.45) is -0.305. The monoisotopic (exact) mass is 416 g/mol. The molecule has 0 spiro atoms. The van der Waals surface area contributed by atoms with Gasteiger partial charge in [0.2, 0.25) is 5.95 Å². The minimum atomic E-state index is -1.23. The Morgan fingerprint density at radius 3 is 2.72 bits per heavy atom. The van der Waals surface area contributed by atoms with Crippen LogP contribution in [0.2, 0.25) is 0 Å². The standard InChI is InChI=1S/C20H21FN4O3S/c1-12-10-16-17(22-11-13-2-4-14(21)5-3-13)23-19(24-18(16)29-12)25-8-6-15(7-9-25)28-20(26)27/h2-5,10,15H,6-9,11H2,1H3,(H,26,27)(H,22,23,24). The average Bonchev–Trinajstić information content (AvgIpc) is 3.07. The fourth-order valence-electron chi connectivity index (χ4n) is 3.41. The lowest BCUT2D eigenvalue weighted by Crippen LogP contribution is -2.38. The molecule has 0 saturated carbocycles. The van der Waals surface area contributed by atoms with Crippen molar-refractivity contribution in [2.24, 2.45) is 0 Å². The Morgan fingerprint density at radius 1 is 1.31 bits per heavy atom. The first kappa shape index (κ1) is 19.4. The Bertz CT molecular complexity index is 1020. The quantitative estimate of drug-likeness (QED) is 0.596. The van der Waals surface area contributed by atoms with Gasteiger partial charge in [-0.25, -0.2) is 14.2 Å². The van der Waals surface area contributed by atoms with Crippen LogP contribution in [0.5, 0.6) is 0 Å². The molecule has 4 rings (SSSR count). The summed E-state index contributed by atoms with van der Waals surface area (Å²) in [6, 6.07) is 8.43. The van der Waals surface area contributed by atoms with Crippen LogP contribution in [0, 0.1) is 12.7 Å². The molecule has 0 atom stereocenters. The molecule has 3 aromatic rings. The van der Waals surface area contributed by atoms with E-state index in [0.717, 1.165) is 26.5 Å². The molecule has 29 heavy (non-hydrogen) atoms. The van der Waals surface area contributed by atoms with Crippen molar-refractivity contribution in [1.82, 2.24) is 9.97 Å². The Morgan fingerprint density at radius 2 is 2.03 bits per heavy atom. The predicted molar refractivity (Wildman–Crippen MR) is 110 cm³/mol. The van der Waals surface area contributed by atoms with Gasteiger partial charge in [-0.05, 0) is 30.7 Å². The minimum Gasteiger partial charge on any atom is -0.450 e. The van der Waals surface area contributed by atoms with E-state index in [4.69, 9.17) is 19.8 Å². The minimum absolute atomic E-state index is 0.260. The zero-order chi connectivity index (χ0) is 20.4. The molecule has 1 fully saturated rings. The molecule has 0 unspecified atom stereocenters. The number of nitrogens with zero attached hydrogens (tertiary/aromatic N) is 3. The number of carboxylic acid groups (broad SMARTS) is 1. The normalized spacial score (nSPS) is 14.9. The van der Waals surface area contributed by atoms with Crippen LogP contribution in [0.4, 0.5) is 21.0 Å². The Labute approximate surface area is 171 Å². The van der Waals surface area contributed by atoms with Crippen LogP contribution in [0.3, 0.4) is 0 Å². The molecule has 1 aliphatic rings. The van der Waals surface area contributed by atoms with Crippen molar-refractivity contribution in [1.29, 1.82) is 0 Å². The van der Waals surface area contributed by atoms with Gasteiger partial charge >= 0.3 is 6.16 Å². The Balaban J connectivity index is 1.54. The molecule has 9 heteroatoms. The van der Waals surface area contributed by atoms with E-state index in [9.17, 15) is 9.18 Å². The largest absolute Gasteiger partial charge is 0.506 e. The zero-order valence-electron chi connectivity index (χ0n) is 15.9. The van der Waals surface area contributed by atoms with Gasteiger partial charge in [0.25, 0.3) is 0 Å². The van der Waals surface area contributed by atoms with Crippen LogP contribution < -0.4 is 10.2 Å². The highest BCUT2D eigenvalue weighted by molar-refractivity contribution is 7.18. The van der Waals surface area contributed by atoms with E-state index in [1.807, 2.05) is 6.92 Å². The van der Waals surface area contributed by atoms with Gasteiger partial charge < -0.3 is 20.1 Å². The number of rotatable bonds is 5. The fraction of sp³-hybridized carbons (Fsp3) is 0.350. The zero-order valence-corrected chi connectivity index (χ0v) is 16.7. The first-order valence-corrected chi connectivity index (χ1v) is 10.2. The SMILES string of the molecule is Cc1cc2c(NCc3ccc(F)cc3)nc(N3CCC(OC(=O)O)CC3)nc2s1. The summed E-state index contributed by atoms with van der Waals surface area (Å²) in [5.74, 6) is 1.10. The maximum absolute atomic E-state index is 13.1. The van der Waals surface area contributed by atoms with Crippen molar-refractivity contribution in [2.75, 3.05) is 23.3 Å². The lowest BCUT2D eigenvalue weighted by molar-refractivity contribution is 0.0415. The highest BCUT2D eigenvalue weighted by Gasteiger charge is 2.24. The van der Waals surface area contributed by atoms with Crippen molar-refractivity contribution in [2.45, 2.75) is 32.4 Å². The molecule has 2 N–H and O–H groups in total. The molecule has 152 valence electrons. The van der Waals surface area contributed by atoms with Crippen LogP contribution in [0.1, 0.15) is 23.3 Å². The van der Waals surface area contributed by atoms with Crippen LogP contribution in [0.25, 0.3) is 10.2 Å². The Hall–Kier alpha value is -2.94. The molecule has 1 aromatic carbocycles. The smallest absolute Gasteiger partial charge is 0.450 e. The molecule has 1 aliphatic heterocycles. The highest BCUT2D eigenvalue weighted by Crippen LogP contribution is 2.31. The van der Waals surface area contributed by atoms with Crippen molar-refractivity contribution < 1.29 is 19.0 Å². The lowest BCUT2D eigenvalue weighted by Gasteiger charge is -2.31. The van der Waals surface area contributed by atoms with Crippen molar-refractivity contribution in [3.05, 3.63) is 46.6 Å². The average molecular weight is 416 g/mol. The molecule has 3 heterocycles. The fourth-order valence-corrected chi connectivity index (χ4v) is 4.29. The third-order valence-electron chi connectivity index (χ3n) is 4.87. The predicted octanol–water partition coefficient (Wildman–Crippen LogP) is 4.41. The van der Waals surface area contributed by atoms with E-state index in [2.05, 4.69) is 16.3 Å². The van der Waals surface area contributed by atoms with Gasteiger partial charge in [-0.2, -0.15) is 4.98 Å². The summed E-state index contributed by atoms with van der Waals surface area (Å²) in [5, 5.41) is 13.1. The van der Waals surface area contributed by atoms with E-state index in [0.29, 0.717) is 38.4 Å². The summed E-state index contributed by atoms with van der Waals surface area (Å²) < 4.78 is 18.0. The molecule has 1 saturated heterocycles. The van der Waals surface area contributed by atoms with Gasteiger partial charge in [0, 0.05) is 37.4 Å². The molecular formula is C20H21FN4O3S. The van der Waals surface area contributed by atoms with E-state index in [1.165, 1.54) is 12.1 Å². The third kappa shape index (κ3) is 4.56. The first-order chi connectivity index (χ1) is 14.0.